The molecule has 9 heteroatoms. The summed E-state index contributed by atoms with van der Waals surface area (Å²) in [6, 6.07) is 6.14. The quantitative estimate of drug-likeness (QED) is 0.660. The third-order valence-corrected chi connectivity index (χ3v) is 5.47. The maximum absolute atomic E-state index is 12.2. The van der Waals surface area contributed by atoms with Crippen LogP contribution in [0.25, 0.3) is 0 Å². The summed E-state index contributed by atoms with van der Waals surface area (Å²) < 4.78 is 35.6. The summed E-state index contributed by atoms with van der Waals surface area (Å²) in [5.41, 5.74) is 0.771. The molecular formula is C18H26N2O6S. The molecule has 1 saturated heterocycles. The van der Waals surface area contributed by atoms with Crippen LogP contribution in [0, 0.1) is 5.92 Å². The summed E-state index contributed by atoms with van der Waals surface area (Å²) in [5, 5.41) is 2.80. The SMILES string of the molecule is CCOC(=O)c1ccc(N(CCNC(=O)C2CCOCC2)S(C)(=O)=O)cc1. The summed E-state index contributed by atoms with van der Waals surface area (Å²) in [6.07, 6.45) is 2.46. The summed E-state index contributed by atoms with van der Waals surface area (Å²) in [5.74, 6) is -0.627. The average Bonchev–Trinajstić information content (AvgIpc) is 2.65. The third kappa shape index (κ3) is 6.21. The molecule has 0 unspecified atom stereocenters. The highest BCUT2D eigenvalue weighted by Crippen LogP contribution is 2.19. The number of benzene rings is 1. The van der Waals surface area contributed by atoms with Gasteiger partial charge in [-0.1, -0.05) is 0 Å². The van der Waals surface area contributed by atoms with E-state index in [0.29, 0.717) is 37.3 Å². The summed E-state index contributed by atoms with van der Waals surface area (Å²) in [7, 11) is -3.54. The van der Waals surface area contributed by atoms with Crippen molar-refractivity contribution >= 4 is 27.6 Å². The van der Waals surface area contributed by atoms with Crippen LogP contribution in [-0.4, -0.2) is 59.5 Å². The second-order valence-corrected chi connectivity index (χ2v) is 8.19. The number of hydrogen-bond acceptors (Lipinski definition) is 6. The van der Waals surface area contributed by atoms with Crippen molar-refractivity contribution in [2.24, 2.45) is 5.92 Å². The number of nitrogens with zero attached hydrogens (tertiary/aromatic N) is 1. The van der Waals surface area contributed by atoms with E-state index in [4.69, 9.17) is 9.47 Å². The van der Waals surface area contributed by atoms with E-state index >= 15 is 0 Å². The predicted molar refractivity (Wildman–Crippen MR) is 101 cm³/mol. The monoisotopic (exact) mass is 398 g/mol. The third-order valence-electron chi connectivity index (χ3n) is 4.27. The van der Waals surface area contributed by atoms with E-state index in [-0.39, 0.29) is 31.5 Å². The van der Waals surface area contributed by atoms with Crippen LogP contribution in [0.2, 0.25) is 0 Å². The zero-order valence-corrected chi connectivity index (χ0v) is 16.5. The molecule has 150 valence electrons. The molecule has 1 aromatic rings. The largest absolute Gasteiger partial charge is 0.462 e. The van der Waals surface area contributed by atoms with Gasteiger partial charge in [0.05, 0.1) is 30.7 Å². The van der Waals surface area contributed by atoms with Crippen LogP contribution in [0.15, 0.2) is 24.3 Å². The topological polar surface area (TPSA) is 102 Å². The molecule has 0 radical (unpaired) electrons. The van der Waals surface area contributed by atoms with Crippen LogP contribution in [0.1, 0.15) is 30.1 Å². The Morgan fingerprint density at radius 2 is 1.85 bits per heavy atom. The molecule has 1 heterocycles. The van der Waals surface area contributed by atoms with Gasteiger partial charge in [-0.3, -0.25) is 9.10 Å². The second kappa shape index (κ2) is 9.70. The fourth-order valence-electron chi connectivity index (χ4n) is 2.85. The van der Waals surface area contributed by atoms with Gasteiger partial charge in [0.2, 0.25) is 15.9 Å². The maximum Gasteiger partial charge on any atom is 0.338 e. The predicted octanol–water partition coefficient (Wildman–Crippen LogP) is 1.17. The van der Waals surface area contributed by atoms with Crippen LogP contribution in [0.3, 0.4) is 0 Å². The number of carbonyl (C=O) groups is 2. The highest BCUT2D eigenvalue weighted by atomic mass is 32.2. The second-order valence-electron chi connectivity index (χ2n) is 6.28. The first-order chi connectivity index (χ1) is 12.8. The zero-order chi connectivity index (χ0) is 19.9. The van der Waals surface area contributed by atoms with Gasteiger partial charge in [0, 0.05) is 25.7 Å². The Hall–Kier alpha value is -2.13. The van der Waals surface area contributed by atoms with Gasteiger partial charge < -0.3 is 14.8 Å². The maximum atomic E-state index is 12.2. The van der Waals surface area contributed by atoms with Crippen LogP contribution in [0.5, 0.6) is 0 Å². The van der Waals surface area contributed by atoms with Crippen LogP contribution in [0.4, 0.5) is 5.69 Å². The van der Waals surface area contributed by atoms with E-state index in [1.807, 2.05) is 0 Å². The highest BCUT2D eigenvalue weighted by Gasteiger charge is 2.22. The van der Waals surface area contributed by atoms with Gasteiger partial charge in [0.1, 0.15) is 0 Å². The Labute approximate surface area is 159 Å². The van der Waals surface area contributed by atoms with Crippen molar-refractivity contribution in [1.82, 2.24) is 5.32 Å². The van der Waals surface area contributed by atoms with Gasteiger partial charge in [-0.15, -0.1) is 0 Å². The molecule has 1 aromatic carbocycles. The molecule has 2 rings (SSSR count). The lowest BCUT2D eigenvalue weighted by Crippen LogP contribution is -2.41. The standard InChI is InChI=1S/C18H26N2O6S/c1-3-26-18(22)15-4-6-16(7-5-15)20(27(2,23)24)11-10-19-17(21)14-8-12-25-13-9-14/h4-7,14H,3,8-13H2,1-2H3,(H,19,21). The van der Waals surface area contributed by atoms with Crippen LogP contribution >= 0.6 is 0 Å². The number of amides is 1. The minimum atomic E-state index is -3.54. The molecule has 0 atom stereocenters. The highest BCUT2D eigenvalue weighted by molar-refractivity contribution is 7.92. The van der Waals surface area contributed by atoms with Crippen molar-refractivity contribution in [3.63, 3.8) is 0 Å². The Morgan fingerprint density at radius 3 is 2.41 bits per heavy atom. The Balaban J connectivity index is 1.99. The number of carbonyl (C=O) groups excluding carboxylic acids is 2. The Morgan fingerprint density at radius 1 is 1.22 bits per heavy atom. The Kier molecular flexibility index (Phi) is 7.61. The molecular weight excluding hydrogens is 372 g/mol. The molecule has 8 nitrogen and oxygen atoms in total. The lowest BCUT2D eigenvalue weighted by molar-refractivity contribution is -0.127. The fraction of sp³-hybridized carbons (Fsp3) is 0.556. The molecule has 1 amide bonds. The van der Waals surface area contributed by atoms with Gasteiger partial charge >= 0.3 is 5.97 Å². The van der Waals surface area contributed by atoms with Gasteiger partial charge in [-0.25, -0.2) is 13.2 Å². The van der Waals surface area contributed by atoms with Gasteiger partial charge in [-0.2, -0.15) is 0 Å². The smallest absolute Gasteiger partial charge is 0.338 e. The fourth-order valence-corrected chi connectivity index (χ4v) is 3.78. The molecule has 0 saturated carbocycles. The number of rotatable bonds is 8. The minimum Gasteiger partial charge on any atom is -0.462 e. The van der Waals surface area contributed by atoms with E-state index in [1.54, 1.807) is 19.1 Å². The van der Waals surface area contributed by atoms with E-state index in [0.717, 1.165) is 6.26 Å². The summed E-state index contributed by atoms with van der Waals surface area (Å²) >= 11 is 0. The summed E-state index contributed by atoms with van der Waals surface area (Å²) in [6.45, 7) is 3.42. The molecule has 1 N–H and O–H groups in total. The molecule has 0 bridgehead atoms. The molecule has 27 heavy (non-hydrogen) atoms. The number of anilines is 1. The molecule has 1 aliphatic rings. The van der Waals surface area contributed by atoms with Gasteiger partial charge in [-0.05, 0) is 44.0 Å². The summed E-state index contributed by atoms with van der Waals surface area (Å²) in [4.78, 5) is 23.9. The van der Waals surface area contributed by atoms with Crippen molar-refractivity contribution in [2.75, 3.05) is 43.5 Å². The van der Waals surface area contributed by atoms with Crippen molar-refractivity contribution in [3.05, 3.63) is 29.8 Å². The van der Waals surface area contributed by atoms with E-state index in [1.165, 1.54) is 16.4 Å². The van der Waals surface area contributed by atoms with Crippen LogP contribution < -0.4 is 9.62 Å². The van der Waals surface area contributed by atoms with Crippen molar-refractivity contribution < 1.29 is 27.5 Å². The number of hydrogen-bond donors (Lipinski definition) is 1. The van der Waals surface area contributed by atoms with Gasteiger partial charge in [0.25, 0.3) is 0 Å². The lowest BCUT2D eigenvalue weighted by atomic mass is 9.99. The van der Waals surface area contributed by atoms with E-state index in [2.05, 4.69) is 5.32 Å². The number of ether oxygens (including phenoxy) is 2. The average molecular weight is 398 g/mol. The first kappa shape index (κ1) is 21.2. The number of sulfonamides is 1. The number of nitrogens with one attached hydrogen (secondary N) is 1. The molecule has 0 aromatic heterocycles. The number of esters is 1. The normalized spacial score (nSPS) is 15.2. The zero-order valence-electron chi connectivity index (χ0n) is 15.6. The first-order valence-electron chi connectivity index (χ1n) is 8.93. The van der Waals surface area contributed by atoms with E-state index in [9.17, 15) is 18.0 Å². The molecule has 1 fully saturated rings. The van der Waals surface area contributed by atoms with Crippen molar-refractivity contribution in [1.29, 1.82) is 0 Å². The molecule has 1 aliphatic heterocycles. The van der Waals surface area contributed by atoms with Gasteiger partial charge in [0.15, 0.2) is 0 Å². The molecule has 0 spiro atoms. The first-order valence-corrected chi connectivity index (χ1v) is 10.8. The molecule has 0 aliphatic carbocycles. The van der Waals surface area contributed by atoms with E-state index < -0.39 is 16.0 Å². The minimum absolute atomic E-state index is 0.0792. The van der Waals surface area contributed by atoms with Crippen LogP contribution in [-0.2, 0) is 24.3 Å². The Bertz CT molecular complexity index is 742. The lowest BCUT2D eigenvalue weighted by Gasteiger charge is -2.24. The van der Waals surface area contributed by atoms with Crippen molar-refractivity contribution in [2.45, 2.75) is 19.8 Å². The van der Waals surface area contributed by atoms with Crippen molar-refractivity contribution in [3.8, 4) is 0 Å².